The predicted octanol–water partition coefficient (Wildman–Crippen LogP) is 3.84. The van der Waals surface area contributed by atoms with E-state index in [2.05, 4.69) is 15.1 Å². The Kier molecular flexibility index (Phi) is 5.64. The number of fused-ring (bicyclic) bond motifs is 2. The van der Waals surface area contributed by atoms with Gasteiger partial charge in [0, 0.05) is 35.9 Å². The maximum atomic E-state index is 13.6. The highest BCUT2D eigenvalue weighted by Gasteiger charge is 2.34. The third-order valence-corrected chi connectivity index (χ3v) is 6.73. The van der Waals surface area contributed by atoms with Crippen LogP contribution in [0, 0.1) is 6.92 Å². The summed E-state index contributed by atoms with van der Waals surface area (Å²) in [5, 5.41) is 4.61. The number of ether oxygens (including phenoxy) is 1. The number of nitrogens with zero attached hydrogens (tertiary/aromatic N) is 6. The fourth-order valence-electron chi connectivity index (χ4n) is 4.84. The zero-order valence-corrected chi connectivity index (χ0v) is 20.2. The summed E-state index contributed by atoms with van der Waals surface area (Å²) in [5.41, 5.74) is 2.63. The molecule has 12 heteroatoms. The molecule has 2 amide bonds. The molecule has 0 atom stereocenters. The Labute approximate surface area is 214 Å². The molecular weight excluding hydrogens is 501 g/mol. The van der Waals surface area contributed by atoms with Crippen LogP contribution in [-0.2, 0) is 22.3 Å². The van der Waals surface area contributed by atoms with Gasteiger partial charge in [-0.05, 0) is 48.9 Å². The summed E-state index contributed by atoms with van der Waals surface area (Å²) < 4.78 is 45.9. The van der Waals surface area contributed by atoms with Crippen molar-refractivity contribution in [3.8, 4) is 11.4 Å². The van der Waals surface area contributed by atoms with E-state index < -0.39 is 11.7 Å². The van der Waals surface area contributed by atoms with Crippen molar-refractivity contribution >= 4 is 34.1 Å². The van der Waals surface area contributed by atoms with Crippen LogP contribution in [0.3, 0.4) is 0 Å². The molecule has 6 rings (SSSR count). The van der Waals surface area contributed by atoms with Crippen LogP contribution in [0.15, 0.2) is 48.8 Å². The molecule has 2 aliphatic heterocycles. The summed E-state index contributed by atoms with van der Waals surface area (Å²) in [6, 6.07) is 8.77. The van der Waals surface area contributed by atoms with Gasteiger partial charge in [0.1, 0.15) is 6.61 Å². The first-order chi connectivity index (χ1) is 18.2. The first-order valence-corrected chi connectivity index (χ1v) is 11.9. The predicted molar refractivity (Wildman–Crippen MR) is 132 cm³/mol. The molecule has 0 unspecified atom stereocenters. The second kappa shape index (κ2) is 8.91. The summed E-state index contributed by atoms with van der Waals surface area (Å²) in [4.78, 5) is 37.9. The van der Waals surface area contributed by atoms with Gasteiger partial charge in [-0.25, -0.2) is 9.97 Å². The van der Waals surface area contributed by atoms with Crippen molar-refractivity contribution in [1.82, 2.24) is 19.7 Å². The normalized spacial score (nSPS) is 16.3. The van der Waals surface area contributed by atoms with Crippen LogP contribution >= 0.6 is 0 Å². The molecule has 9 nitrogen and oxygen atoms in total. The smallest absolute Gasteiger partial charge is 0.370 e. The van der Waals surface area contributed by atoms with E-state index in [-0.39, 0.29) is 18.4 Å². The summed E-state index contributed by atoms with van der Waals surface area (Å²) in [7, 11) is 0. The largest absolute Gasteiger partial charge is 0.416 e. The second-order valence-electron chi connectivity index (χ2n) is 9.12. The lowest BCUT2D eigenvalue weighted by Gasteiger charge is -2.32. The molecule has 0 aliphatic carbocycles. The zero-order chi connectivity index (χ0) is 26.6. The summed E-state index contributed by atoms with van der Waals surface area (Å²) in [6.07, 6.45) is -1.52. The van der Waals surface area contributed by atoms with Crippen molar-refractivity contribution in [2.24, 2.45) is 0 Å². The molecular formula is C26H21F3N6O3. The van der Waals surface area contributed by atoms with Gasteiger partial charge in [0.15, 0.2) is 11.5 Å². The van der Waals surface area contributed by atoms with Gasteiger partial charge in [0.25, 0.3) is 11.8 Å². The quantitative estimate of drug-likeness (QED) is 0.406. The molecule has 4 aromatic rings. The van der Waals surface area contributed by atoms with Gasteiger partial charge < -0.3 is 14.5 Å². The molecule has 2 aromatic heterocycles. The average molecular weight is 522 g/mol. The van der Waals surface area contributed by atoms with Gasteiger partial charge in [-0.3, -0.25) is 14.3 Å². The number of alkyl halides is 3. The van der Waals surface area contributed by atoms with Crippen LogP contribution in [0.4, 0.5) is 24.5 Å². The highest BCUT2D eigenvalue weighted by molar-refractivity contribution is 6.11. The number of morpholine rings is 1. The van der Waals surface area contributed by atoms with E-state index in [1.807, 2.05) is 13.0 Å². The fraction of sp³-hybridized carbons (Fsp3) is 0.269. The fourth-order valence-corrected chi connectivity index (χ4v) is 4.84. The Morgan fingerprint density at radius 2 is 1.79 bits per heavy atom. The van der Waals surface area contributed by atoms with Crippen molar-refractivity contribution in [2.75, 3.05) is 36.1 Å². The molecule has 38 heavy (non-hydrogen) atoms. The number of amides is 2. The average Bonchev–Trinajstić information content (AvgIpc) is 3.33. The van der Waals surface area contributed by atoms with Crippen LogP contribution in [0.25, 0.3) is 22.3 Å². The van der Waals surface area contributed by atoms with E-state index >= 15 is 0 Å². The number of rotatable bonds is 3. The number of carbonyl (C=O) groups excluding carboxylic acids is 2. The van der Waals surface area contributed by atoms with Gasteiger partial charge in [0.2, 0.25) is 0 Å². The second-order valence-corrected chi connectivity index (χ2v) is 9.12. The van der Waals surface area contributed by atoms with Crippen molar-refractivity contribution in [1.29, 1.82) is 0 Å². The minimum atomic E-state index is -4.44. The SMILES string of the molecule is Cc1cc(-c2ncc3cc(C(F)(F)F)ccc3n2)ccc1N1CCn2ncc(N3CCOCC3=O)c2C1=O. The van der Waals surface area contributed by atoms with Crippen LogP contribution < -0.4 is 9.80 Å². The minimum absolute atomic E-state index is 0.0383. The lowest BCUT2D eigenvalue weighted by Crippen LogP contribution is -2.45. The van der Waals surface area contributed by atoms with Crippen molar-refractivity contribution in [2.45, 2.75) is 19.6 Å². The minimum Gasteiger partial charge on any atom is -0.370 e. The Bertz CT molecular complexity index is 1600. The van der Waals surface area contributed by atoms with E-state index in [0.717, 1.165) is 17.7 Å². The molecule has 0 radical (unpaired) electrons. The molecule has 0 spiro atoms. The first kappa shape index (κ1) is 24.0. The molecule has 4 heterocycles. The molecule has 0 bridgehead atoms. The highest BCUT2D eigenvalue weighted by atomic mass is 19.4. The molecule has 2 aromatic carbocycles. The summed E-state index contributed by atoms with van der Waals surface area (Å²) in [6.45, 7) is 3.42. The maximum Gasteiger partial charge on any atom is 0.416 e. The van der Waals surface area contributed by atoms with E-state index in [0.29, 0.717) is 65.6 Å². The van der Waals surface area contributed by atoms with Crippen molar-refractivity contribution in [3.63, 3.8) is 0 Å². The number of aromatic nitrogens is 4. The third-order valence-electron chi connectivity index (χ3n) is 6.73. The van der Waals surface area contributed by atoms with Crippen molar-refractivity contribution in [3.05, 3.63) is 65.6 Å². The number of anilines is 2. The highest BCUT2D eigenvalue weighted by Crippen LogP contribution is 2.33. The van der Waals surface area contributed by atoms with E-state index in [9.17, 15) is 22.8 Å². The van der Waals surface area contributed by atoms with E-state index in [4.69, 9.17) is 4.74 Å². The number of hydrogen-bond acceptors (Lipinski definition) is 6. The van der Waals surface area contributed by atoms with Gasteiger partial charge in [-0.1, -0.05) is 0 Å². The molecule has 194 valence electrons. The maximum absolute atomic E-state index is 13.6. The first-order valence-electron chi connectivity index (χ1n) is 11.9. The lowest BCUT2D eigenvalue weighted by molar-refractivity contribution is -0.137. The lowest BCUT2D eigenvalue weighted by atomic mass is 10.1. The molecule has 1 fully saturated rings. The summed E-state index contributed by atoms with van der Waals surface area (Å²) >= 11 is 0. The van der Waals surface area contributed by atoms with Gasteiger partial charge in [0.05, 0.1) is 36.1 Å². The monoisotopic (exact) mass is 522 g/mol. The van der Waals surface area contributed by atoms with Gasteiger partial charge in [-0.2, -0.15) is 18.3 Å². The number of aryl methyl sites for hydroxylation is 1. The Balaban J connectivity index is 1.30. The van der Waals surface area contributed by atoms with Crippen LogP contribution in [0.5, 0.6) is 0 Å². The van der Waals surface area contributed by atoms with E-state index in [1.54, 1.807) is 27.9 Å². The number of hydrogen-bond donors (Lipinski definition) is 0. The number of carbonyl (C=O) groups is 2. The standard InChI is InChI=1S/C26H21F3N6O3/c1-15-10-16(24-30-12-17-11-18(26(27,28)29)3-4-19(17)32-24)2-5-20(15)34-6-7-35-23(25(34)37)21(13-31-35)33-8-9-38-14-22(33)36/h2-5,10-13H,6-9,14H2,1H3. The Morgan fingerprint density at radius 1 is 0.947 bits per heavy atom. The Morgan fingerprint density at radius 3 is 2.55 bits per heavy atom. The van der Waals surface area contributed by atoms with Crippen LogP contribution in [0.1, 0.15) is 21.6 Å². The topological polar surface area (TPSA) is 93.4 Å². The third kappa shape index (κ3) is 4.06. The van der Waals surface area contributed by atoms with E-state index in [1.165, 1.54) is 17.2 Å². The number of benzene rings is 2. The van der Waals surface area contributed by atoms with Gasteiger partial charge in [-0.15, -0.1) is 0 Å². The Hall–Kier alpha value is -4.32. The van der Waals surface area contributed by atoms with Crippen molar-refractivity contribution < 1.29 is 27.5 Å². The summed E-state index contributed by atoms with van der Waals surface area (Å²) in [5.74, 6) is -0.119. The number of halogens is 3. The van der Waals surface area contributed by atoms with Crippen LogP contribution in [-0.4, -0.2) is 57.9 Å². The molecule has 2 aliphatic rings. The zero-order valence-electron chi connectivity index (χ0n) is 20.2. The van der Waals surface area contributed by atoms with Gasteiger partial charge >= 0.3 is 6.18 Å². The van der Waals surface area contributed by atoms with Crippen LogP contribution in [0.2, 0.25) is 0 Å². The molecule has 1 saturated heterocycles. The molecule has 0 N–H and O–H groups in total. The molecule has 0 saturated carbocycles.